The molecule has 0 saturated heterocycles. The van der Waals surface area contributed by atoms with Gasteiger partial charge in [0, 0.05) is 11.1 Å². The van der Waals surface area contributed by atoms with Gasteiger partial charge < -0.3 is 9.84 Å². The molecule has 0 aliphatic carbocycles. The Morgan fingerprint density at radius 2 is 1.83 bits per heavy atom. The van der Waals surface area contributed by atoms with E-state index in [9.17, 15) is 4.79 Å². The summed E-state index contributed by atoms with van der Waals surface area (Å²) in [7, 11) is 0. The average molecular weight is 321 g/mol. The second kappa shape index (κ2) is 8.54. The maximum Gasteiger partial charge on any atom is 0.330 e. The largest absolute Gasteiger partial charge is 0.493 e. The maximum atomic E-state index is 10.7. The molecule has 2 aromatic rings. The van der Waals surface area contributed by atoms with Gasteiger partial charge in [0.15, 0.2) is 0 Å². The summed E-state index contributed by atoms with van der Waals surface area (Å²) < 4.78 is 5.85. The summed E-state index contributed by atoms with van der Waals surface area (Å²) >= 11 is 0. The van der Waals surface area contributed by atoms with Crippen LogP contribution in [0.5, 0.6) is 5.75 Å². The number of nitrogens with zero attached hydrogens (tertiary/aromatic N) is 1. The SMILES string of the molecule is C=C(CCCCOc1ccccc1-c1ccc(C#N)cc1)C(=O)O. The first-order valence-electron chi connectivity index (χ1n) is 7.75. The zero-order valence-corrected chi connectivity index (χ0v) is 13.4. The molecule has 4 heteroatoms. The van der Waals surface area contributed by atoms with Gasteiger partial charge in [0.2, 0.25) is 0 Å². The summed E-state index contributed by atoms with van der Waals surface area (Å²) in [5.74, 6) is -0.165. The fourth-order valence-electron chi connectivity index (χ4n) is 2.28. The number of carbonyl (C=O) groups is 1. The molecule has 0 aliphatic heterocycles. The molecular formula is C20H19NO3. The monoisotopic (exact) mass is 321 g/mol. The predicted molar refractivity (Wildman–Crippen MR) is 92.7 cm³/mol. The van der Waals surface area contributed by atoms with Gasteiger partial charge in [-0.25, -0.2) is 4.79 Å². The number of nitriles is 1. The molecule has 0 aliphatic rings. The molecule has 0 heterocycles. The molecular weight excluding hydrogens is 302 g/mol. The van der Waals surface area contributed by atoms with E-state index in [0.29, 0.717) is 18.6 Å². The Balaban J connectivity index is 1.95. The maximum absolute atomic E-state index is 10.7. The quantitative estimate of drug-likeness (QED) is 0.577. The minimum Gasteiger partial charge on any atom is -0.493 e. The lowest BCUT2D eigenvalue weighted by Crippen LogP contribution is -2.02. The van der Waals surface area contributed by atoms with Crippen molar-refractivity contribution < 1.29 is 14.6 Å². The number of carboxylic acid groups (broad SMARTS) is 1. The molecule has 0 amide bonds. The van der Waals surface area contributed by atoms with Crippen molar-refractivity contribution in [3.8, 4) is 22.9 Å². The number of rotatable bonds is 8. The highest BCUT2D eigenvalue weighted by atomic mass is 16.5. The Morgan fingerprint density at radius 1 is 1.12 bits per heavy atom. The van der Waals surface area contributed by atoms with E-state index in [-0.39, 0.29) is 5.57 Å². The van der Waals surface area contributed by atoms with Crippen LogP contribution in [0, 0.1) is 11.3 Å². The Bertz CT molecular complexity index is 757. The van der Waals surface area contributed by atoms with Gasteiger partial charge >= 0.3 is 5.97 Å². The minimum absolute atomic E-state index is 0.230. The number of hydrogen-bond donors (Lipinski definition) is 1. The first-order valence-corrected chi connectivity index (χ1v) is 7.75. The van der Waals surface area contributed by atoms with Crippen LogP contribution in [0.15, 0.2) is 60.7 Å². The Morgan fingerprint density at radius 3 is 2.50 bits per heavy atom. The van der Waals surface area contributed by atoms with E-state index in [2.05, 4.69) is 12.6 Å². The molecule has 0 unspecified atom stereocenters. The van der Waals surface area contributed by atoms with E-state index in [1.165, 1.54) is 0 Å². The van der Waals surface area contributed by atoms with Crippen LogP contribution in [0.25, 0.3) is 11.1 Å². The van der Waals surface area contributed by atoms with Gasteiger partial charge in [-0.05, 0) is 43.0 Å². The molecule has 0 spiro atoms. The van der Waals surface area contributed by atoms with Gasteiger partial charge in [0.25, 0.3) is 0 Å². The van der Waals surface area contributed by atoms with E-state index >= 15 is 0 Å². The van der Waals surface area contributed by atoms with Crippen LogP contribution in [-0.2, 0) is 4.79 Å². The van der Waals surface area contributed by atoms with Gasteiger partial charge in [0.05, 0.1) is 18.2 Å². The number of ether oxygens (including phenoxy) is 1. The molecule has 24 heavy (non-hydrogen) atoms. The van der Waals surface area contributed by atoms with Crippen LogP contribution in [0.3, 0.4) is 0 Å². The highest BCUT2D eigenvalue weighted by Crippen LogP contribution is 2.30. The molecule has 2 aromatic carbocycles. The van der Waals surface area contributed by atoms with Crippen molar-refractivity contribution in [3.05, 3.63) is 66.2 Å². The van der Waals surface area contributed by atoms with Gasteiger partial charge in [-0.2, -0.15) is 5.26 Å². The van der Waals surface area contributed by atoms with E-state index in [1.807, 2.05) is 36.4 Å². The summed E-state index contributed by atoms with van der Waals surface area (Å²) in [6.45, 7) is 4.03. The van der Waals surface area contributed by atoms with Crippen LogP contribution in [0.2, 0.25) is 0 Å². The van der Waals surface area contributed by atoms with Crippen LogP contribution in [-0.4, -0.2) is 17.7 Å². The number of aliphatic carboxylic acids is 1. The van der Waals surface area contributed by atoms with Crippen LogP contribution in [0.1, 0.15) is 24.8 Å². The summed E-state index contributed by atoms with van der Waals surface area (Å²) in [6, 6.07) is 17.2. The zero-order chi connectivity index (χ0) is 17.4. The molecule has 1 N–H and O–H groups in total. The number of para-hydroxylation sites is 1. The summed E-state index contributed by atoms with van der Waals surface area (Å²) in [5, 5.41) is 17.6. The molecule has 0 aromatic heterocycles. The Labute approximate surface area is 141 Å². The van der Waals surface area contributed by atoms with Crippen molar-refractivity contribution in [2.24, 2.45) is 0 Å². The fourth-order valence-corrected chi connectivity index (χ4v) is 2.28. The third kappa shape index (κ3) is 4.72. The fraction of sp³-hybridized carbons (Fsp3) is 0.200. The number of benzene rings is 2. The second-order valence-corrected chi connectivity index (χ2v) is 5.40. The highest BCUT2D eigenvalue weighted by Gasteiger charge is 2.07. The molecule has 0 atom stereocenters. The Hall–Kier alpha value is -3.06. The predicted octanol–water partition coefficient (Wildman–Crippen LogP) is 4.42. The number of unbranched alkanes of at least 4 members (excludes halogenated alkanes) is 1. The zero-order valence-electron chi connectivity index (χ0n) is 13.4. The van der Waals surface area contributed by atoms with Gasteiger partial charge in [-0.3, -0.25) is 0 Å². The van der Waals surface area contributed by atoms with Crippen molar-refractivity contribution in [2.45, 2.75) is 19.3 Å². The van der Waals surface area contributed by atoms with Crippen molar-refractivity contribution in [3.63, 3.8) is 0 Å². The lowest BCUT2D eigenvalue weighted by molar-refractivity contribution is -0.132. The molecule has 2 rings (SSSR count). The third-order valence-electron chi connectivity index (χ3n) is 3.64. The van der Waals surface area contributed by atoms with Crippen LogP contribution < -0.4 is 4.74 Å². The van der Waals surface area contributed by atoms with Gasteiger partial charge in [0.1, 0.15) is 5.75 Å². The minimum atomic E-state index is -0.943. The standard InChI is InChI=1S/C20H19NO3/c1-15(20(22)23)6-4-5-13-24-19-8-3-2-7-18(19)17-11-9-16(14-21)10-12-17/h2-3,7-12H,1,4-6,13H2,(H,22,23). The first kappa shape index (κ1) is 17.3. The van der Waals surface area contributed by atoms with Gasteiger partial charge in [-0.15, -0.1) is 0 Å². The number of carboxylic acids is 1. The van der Waals surface area contributed by atoms with Crippen molar-refractivity contribution in [1.82, 2.24) is 0 Å². The van der Waals surface area contributed by atoms with Crippen molar-refractivity contribution in [2.75, 3.05) is 6.61 Å². The van der Waals surface area contributed by atoms with E-state index in [0.717, 1.165) is 29.7 Å². The smallest absolute Gasteiger partial charge is 0.330 e. The highest BCUT2D eigenvalue weighted by molar-refractivity contribution is 5.85. The van der Waals surface area contributed by atoms with E-state index < -0.39 is 5.97 Å². The molecule has 0 bridgehead atoms. The molecule has 0 radical (unpaired) electrons. The van der Waals surface area contributed by atoms with Crippen LogP contribution in [0.4, 0.5) is 0 Å². The molecule has 4 nitrogen and oxygen atoms in total. The topological polar surface area (TPSA) is 70.3 Å². The van der Waals surface area contributed by atoms with Crippen molar-refractivity contribution >= 4 is 5.97 Å². The second-order valence-electron chi connectivity index (χ2n) is 5.40. The molecule has 0 fully saturated rings. The third-order valence-corrected chi connectivity index (χ3v) is 3.64. The lowest BCUT2D eigenvalue weighted by atomic mass is 10.0. The summed E-state index contributed by atoms with van der Waals surface area (Å²) in [5.41, 5.74) is 2.81. The average Bonchev–Trinajstić information content (AvgIpc) is 2.61. The Kier molecular flexibility index (Phi) is 6.16. The van der Waals surface area contributed by atoms with E-state index in [4.69, 9.17) is 15.1 Å². The number of hydrogen-bond acceptors (Lipinski definition) is 3. The van der Waals surface area contributed by atoms with E-state index in [1.54, 1.807) is 12.1 Å². The first-order chi connectivity index (χ1) is 11.6. The van der Waals surface area contributed by atoms with Crippen LogP contribution >= 0.6 is 0 Å². The normalized spacial score (nSPS) is 9.96. The molecule has 0 saturated carbocycles. The molecule has 122 valence electrons. The summed E-state index contributed by atoms with van der Waals surface area (Å²) in [6.07, 6.45) is 1.95. The lowest BCUT2D eigenvalue weighted by Gasteiger charge is -2.11. The van der Waals surface area contributed by atoms with Gasteiger partial charge in [-0.1, -0.05) is 36.9 Å². The summed E-state index contributed by atoms with van der Waals surface area (Å²) in [4.78, 5) is 10.7. The van der Waals surface area contributed by atoms with Crippen molar-refractivity contribution in [1.29, 1.82) is 5.26 Å².